The van der Waals surface area contributed by atoms with Crippen LogP contribution in [-0.2, 0) is 22.6 Å². The largest absolute Gasteiger partial charge is 0.467 e. The van der Waals surface area contributed by atoms with Crippen molar-refractivity contribution < 1.29 is 14.0 Å². The number of nitrogens with one attached hydrogen (secondary N) is 1. The molecule has 2 amide bonds. The molecule has 3 N–H and O–H groups in total. The lowest BCUT2D eigenvalue weighted by atomic mass is 10.2. The number of anilines is 1. The predicted molar refractivity (Wildman–Crippen MR) is 128 cm³/mol. The Bertz CT molecular complexity index is 1280. The number of aromatic nitrogens is 5. The molecule has 0 saturated carbocycles. The molecular formula is C23H25N7O3S. The second-order valence-electron chi connectivity index (χ2n) is 7.79. The quantitative estimate of drug-likeness (QED) is 0.334. The molecule has 34 heavy (non-hydrogen) atoms. The summed E-state index contributed by atoms with van der Waals surface area (Å²) in [5.74, 6) is 1.40. The van der Waals surface area contributed by atoms with Crippen molar-refractivity contribution in [2.45, 2.75) is 38.4 Å². The monoisotopic (exact) mass is 479 g/mol. The number of hydrogen-bond acceptors (Lipinski definition) is 7. The fourth-order valence-electron chi connectivity index (χ4n) is 3.34. The number of amides is 2. The van der Waals surface area contributed by atoms with Crippen LogP contribution in [0.15, 0.2) is 58.3 Å². The number of thioether (sulfide) groups is 1. The molecule has 0 spiro atoms. The number of aryl methyl sites for hydroxylation is 3. The third-order valence-corrected chi connectivity index (χ3v) is 5.96. The average molecular weight is 480 g/mol. The molecule has 0 bridgehead atoms. The third-order valence-electron chi connectivity index (χ3n) is 4.99. The normalized spacial score (nSPS) is 11.0. The smallest absolute Gasteiger partial charge is 0.236 e. The zero-order valence-corrected chi connectivity index (χ0v) is 19.7. The van der Waals surface area contributed by atoms with Gasteiger partial charge in [0.25, 0.3) is 0 Å². The minimum Gasteiger partial charge on any atom is -0.467 e. The van der Waals surface area contributed by atoms with Crippen LogP contribution in [-0.4, -0.2) is 42.1 Å². The van der Waals surface area contributed by atoms with Crippen LogP contribution in [0.3, 0.4) is 0 Å². The van der Waals surface area contributed by atoms with Gasteiger partial charge in [0.1, 0.15) is 17.4 Å². The van der Waals surface area contributed by atoms with Crippen molar-refractivity contribution in [3.8, 4) is 5.69 Å². The molecule has 0 aliphatic heterocycles. The molecule has 4 rings (SSSR count). The summed E-state index contributed by atoms with van der Waals surface area (Å²) >= 11 is 1.25. The highest BCUT2D eigenvalue weighted by Crippen LogP contribution is 2.22. The average Bonchev–Trinajstić information content (AvgIpc) is 3.53. The number of nitrogens with two attached hydrogens (primary N) is 1. The van der Waals surface area contributed by atoms with E-state index in [1.165, 1.54) is 11.8 Å². The van der Waals surface area contributed by atoms with Crippen molar-refractivity contribution in [2.75, 3.05) is 11.1 Å². The Morgan fingerprint density at radius 1 is 1.15 bits per heavy atom. The molecule has 4 aromatic rings. The summed E-state index contributed by atoms with van der Waals surface area (Å²) in [6, 6.07) is 13.4. The number of nitrogens with zero attached hydrogens (tertiary/aromatic N) is 5. The molecule has 0 saturated heterocycles. The first kappa shape index (κ1) is 23.3. The summed E-state index contributed by atoms with van der Waals surface area (Å²) in [7, 11) is 0. The molecule has 0 radical (unpaired) electrons. The molecule has 0 fully saturated rings. The number of rotatable bonds is 10. The van der Waals surface area contributed by atoms with Crippen LogP contribution in [0.1, 0.15) is 29.3 Å². The van der Waals surface area contributed by atoms with Gasteiger partial charge in [0, 0.05) is 18.9 Å². The molecule has 1 aromatic carbocycles. The summed E-state index contributed by atoms with van der Waals surface area (Å²) in [4.78, 5) is 24.0. The van der Waals surface area contributed by atoms with E-state index in [9.17, 15) is 9.59 Å². The molecule has 3 aromatic heterocycles. The van der Waals surface area contributed by atoms with Crippen LogP contribution in [0.2, 0.25) is 0 Å². The van der Waals surface area contributed by atoms with E-state index in [-0.39, 0.29) is 18.1 Å². The van der Waals surface area contributed by atoms with Gasteiger partial charge in [0.2, 0.25) is 11.8 Å². The van der Waals surface area contributed by atoms with E-state index >= 15 is 0 Å². The second-order valence-corrected chi connectivity index (χ2v) is 8.73. The van der Waals surface area contributed by atoms with Gasteiger partial charge in [0.15, 0.2) is 5.16 Å². The van der Waals surface area contributed by atoms with Gasteiger partial charge in [-0.05, 0) is 38.1 Å². The van der Waals surface area contributed by atoms with Crippen LogP contribution in [0.5, 0.6) is 0 Å². The topological polar surface area (TPSA) is 134 Å². The number of primary amides is 1. The molecule has 0 unspecified atom stereocenters. The SMILES string of the molecule is Cc1ccc(-n2nc(C)cc2NC(=O)CSc2nnc(CCC(N)=O)n2Cc2ccco2)cc1. The Morgan fingerprint density at radius 2 is 1.94 bits per heavy atom. The molecule has 11 heteroatoms. The van der Waals surface area contributed by atoms with Gasteiger partial charge in [0.05, 0.1) is 29.9 Å². The molecule has 10 nitrogen and oxygen atoms in total. The number of benzene rings is 1. The Kier molecular flexibility index (Phi) is 7.12. The van der Waals surface area contributed by atoms with Gasteiger partial charge in [-0.25, -0.2) is 4.68 Å². The van der Waals surface area contributed by atoms with Crippen LogP contribution >= 0.6 is 11.8 Å². The number of carbonyl (C=O) groups excluding carboxylic acids is 2. The van der Waals surface area contributed by atoms with Gasteiger partial charge in [-0.1, -0.05) is 29.5 Å². The van der Waals surface area contributed by atoms with E-state index in [4.69, 9.17) is 10.2 Å². The number of hydrogen-bond donors (Lipinski definition) is 2. The van der Waals surface area contributed by atoms with Gasteiger partial charge < -0.3 is 15.5 Å². The first-order valence-electron chi connectivity index (χ1n) is 10.7. The molecular weight excluding hydrogens is 454 g/mol. The summed E-state index contributed by atoms with van der Waals surface area (Å²) in [5, 5.41) is 16.4. The van der Waals surface area contributed by atoms with Crippen LogP contribution in [0, 0.1) is 13.8 Å². The number of furan rings is 1. The van der Waals surface area contributed by atoms with E-state index in [1.807, 2.05) is 54.8 Å². The minimum atomic E-state index is -0.415. The Hall–Kier alpha value is -3.86. The van der Waals surface area contributed by atoms with E-state index in [1.54, 1.807) is 17.0 Å². The zero-order chi connectivity index (χ0) is 24.1. The fourth-order valence-corrected chi connectivity index (χ4v) is 4.10. The standard InChI is InChI=1S/C23H25N7O3S/c1-15-5-7-17(8-6-15)30-21(12-16(2)28-30)25-22(32)14-34-23-27-26-20(10-9-19(24)31)29(23)13-18-4-3-11-33-18/h3-8,11-12H,9-10,13-14H2,1-2H3,(H2,24,31)(H,25,32). The Balaban J connectivity index is 1.46. The molecule has 0 aliphatic rings. The highest BCUT2D eigenvalue weighted by molar-refractivity contribution is 7.99. The molecule has 3 heterocycles. The summed E-state index contributed by atoms with van der Waals surface area (Å²) in [6.45, 7) is 4.28. The van der Waals surface area contributed by atoms with Gasteiger partial charge in [-0.3, -0.25) is 14.2 Å². The molecule has 176 valence electrons. The summed E-state index contributed by atoms with van der Waals surface area (Å²) in [5.41, 5.74) is 8.08. The summed E-state index contributed by atoms with van der Waals surface area (Å²) < 4.78 is 8.99. The van der Waals surface area contributed by atoms with Crippen LogP contribution in [0.25, 0.3) is 5.69 Å². The van der Waals surface area contributed by atoms with E-state index in [0.29, 0.717) is 35.5 Å². The summed E-state index contributed by atoms with van der Waals surface area (Å²) in [6.07, 6.45) is 2.09. The first-order chi connectivity index (χ1) is 16.4. The van der Waals surface area contributed by atoms with Crippen molar-refractivity contribution in [2.24, 2.45) is 5.73 Å². The Morgan fingerprint density at radius 3 is 2.65 bits per heavy atom. The predicted octanol–water partition coefficient (Wildman–Crippen LogP) is 2.87. The fraction of sp³-hybridized carbons (Fsp3) is 0.261. The van der Waals surface area contributed by atoms with Crippen molar-refractivity contribution in [3.63, 3.8) is 0 Å². The van der Waals surface area contributed by atoms with Gasteiger partial charge in [-0.2, -0.15) is 5.10 Å². The molecule has 0 aliphatic carbocycles. The van der Waals surface area contributed by atoms with Crippen molar-refractivity contribution in [3.05, 3.63) is 71.6 Å². The van der Waals surface area contributed by atoms with E-state index in [2.05, 4.69) is 20.6 Å². The third kappa shape index (κ3) is 5.73. The zero-order valence-electron chi connectivity index (χ0n) is 18.9. The minimum absolute atomic E-state index is 0.115. The highest BCUT2D eigenvalue weighted by atomic mass is 32.2. The van der Waals surface area contributed by atoms with Gasteiger partial charge >= 0.3 is 0 Å². The Labute approximate surface area is 200 Å². The van der Waals surface area contributed by atoms with Crippen molar-refractivity contribution in [1.82, 2.24) is 24.5 Å². The maximum absolute atomic E-state index is 12.8. The van der Waals surface area contributed by atoms with E-state index in [0.717, 1.165) is 16.9 Å². The van der Waals surface area contributed by atoms with Crippen LogP contribution < -0.4 is 11.1 Å². The van der Waals surface area contributed by atoms with Gasteiger partial charge in [-0.15, -0.1) is 10.2 Å². The number of carbonyl (C=O) groups is 2. The van der Waals surface area contributed by atoms with E-state index < -0.39 is 5.91 Å². The second kappa shape index (κ2) is 10.4. The maximum atomic E-state index is 12.8. The van der Waals surface area contributed by atoms with Crippen molar-refractivity contribution in [1.29, 1.82) is 0 Å². The highest BCUT2D eigenvalue weighted by Gasteiger charge is 2.17. The van der Waals surface area contributed by atoms with Crippen molar-refractivity contribution >= 4 is 29.4 Å². The lowest BCUT2D eigenvalue weighted by molar-refractivity contribution is -0.118. The maximum Gasteiger partial charge on any atom is 0.236 e. The molecule has 0 atom stereocenters. The lowest BCUT2D eigenvalue weighted by Crippen LogP contribution is -2.17. The first-order valence-corrected chi connectivity index (χ1v) is 11.7. The van der Waals surface area contributed by atoms with Crippen LogP contribution in [0.4, 0.5) is 5.82 Å². The lowest BCUT2D eigenvalue weighted by Gasteiger charge is -2.10.